The molecule has 1 N–H and O–H groups in total. The minimum atomic E-state index is -0.451. The highest BCUT2D eigenvalue weighted by atomic mass is 16.6. The maximum Gasteiger partial charge on any atom is 0.274 e. The van der Waals surface area contributed by atoms with Gasteiger partial charge in [0.1, 0.15) is 0 Å². The SMILES string of the molecule is Cc1cc(C)c(C(=O)Nc2ccc(C)c([N+](=O)[O-])c2)c(C)c1. The number of carbonyl (C=O) groups is 1. The van der Waals surface area contributed by atoms with Crippen molar-refractivity contribution in [2.45, 2.75) is 27.7 Å². The van der Waals surface area contributed by atoms with Crippen molar-refractivity contribution in [3.8, 4) is 0 Å². The van der Waals surface area contributed by atoms with Crippen LogP contribution in [0.5, 0.6) is 0 Å². The highest BCUT2D eigenvalue weighted by Gasteiger charge is 2.16. The van der Waals surface area contributed by atoms with Gasteiger partial charge in [0, 0.05) is 22.9 Å². The maximum atomic E-state index is 12.5. The molecular weight excluding hydrogens is 280 g/mol. The molecule has 0 aliphatic rings. The van der Waals surface area contributed by atoms with E-state index in [4.69, 9.17) is 0 Å². The first-order chi connectivity index (χ1) is 10.3. The minimum Gasteiger partial charge on any atom is -0.322 e. The molecule has 0 aliphatic heterocycles. The Bertz CT molecular complexity index is 743. The molecule has 5 heteroatoms. The van der Waals surface area contributed by atoms with E-state index in [0.29, 0.717) is 16.8 Å². The summed E-state index contributed by atoms with van der Waals surface area (Å²) in [6.45, 7) is 7.40. The Morgan fingerprint density at radius 2 is 1.59 bits per heavy atom. The van der Waals surface area contributed by atoms with Crippen LogP contribution in [-0.4, -0.2) is 10.8 Å². The summed E-state index contributed by atoms with van der Waals surface area (Å²) in [4.78, 5) is 23.0. The van der Waals surface area contributed by atoms with Crippen LogP contribution in [0.25, 0.3) is 0 Å². The van der Waals surface area contributed by atoms with E-state index >= 15 is 0 Å². The summed E-state index contributed by atoms with van der Waals surface area (Å²) in [6, 6.07) is 8.56. The number of nitro groups is 1. The molecule has 2 aromatic carbocycles. The molecular formula is C17H18N2O3. The molecule has 0 unspecified atom stereocenters. The van der Waals surface area contributed by atoms with Crippen LogP contribution in [0.2, 0.25) is 0 Å². The lowest BCUT2D eigenvalue weighted by atomic mass is 9.99. The van der Waals surface area contributed by atoms with E-state index in [0.717, 1.165) is 16.7 Å². The van der Waals surface area contributed by atoms with Gasteiger partial charge in [-0.25, -0.2) is 0 Å². The second kappa shape index (κ2) is 5.97. The molecule has 5 nitrogen and oxygen atoms in total. The van der Waals surface area contributed by atoms with Crippen molar-refractivity contribution in [2.75, 3.05) is 5.32 Å². The number of nitrogens with one attached hydrogen (secondary N) is 1. The van der Waals surface area contributed by atoms with Gasteiger partial charge in [-0.15, -0.1) is 0 Å². The van der Waals surface area contributed by atoms with Gasteiger partial charge in [0.25, 0.3) is 11.6 Å². The van der Waals surface area contributed by atoms with Crippen molar-refractivity contribution in [2.24, 2.45) is 0 Å². The van der Waals surface area contributed by atoms with Gasteiger partial charge in [0.2, 0.25) is 0 Å². The third-order valence-electron chi connectivity index (χ3n) is 3.57. The predicted octanol–water partition coefficient (Wildman–Crippen LogP) is 4.08. The first-order valence-corrected chi connectivity index (χ1v) is 6.94. The fourth-order valence-electron chi connectivity index (χ4n) is 2.62. The molecule has 114 valence electrons. The predicted molar refractivity (Wildman–Crippen MR) is 86.4 cm³/mol. The minimum absolute atomic E-state index is 0.00449. The van der Waals surface area contributed by atoms with E-state index in [9.17, 15) is 14.9 Å². The second-order valence-corrected chi connectivity index (χ2v) is 5.49. The number of aryl methyl sites for hydroxylation is 4. The zero-order valence-corrected chi connectivity index (χ0v) is 13.1. The number of rotatable bonds is 3. The smallest absolute Gasteiger partial charge is 0.274 e. The third-order valence-corrected chi connectivity index (χ3v) is 3.57. The van der Waals surface area contributed by atoms with Crippen molar-refractivity contribution in [3.05, 3.63) is 68.3 Å². The van der Waals surface area contributed by atoms with E-state index in [1.165, 1.54) is 6.07 Å². The Morgan fingerprint density at radius 3 is 2.14 bits per heavy atom. The molecule has 0 saturated heterocycles. The molecule has 0 heterocycles. The monoisotopic (exact) mass is 298 g/mol. The van der Waals surface area contributed by atoms with E-state index in [-0.39, 0.29) is 11.6 Å². The molecule has 0 fully saturated rings. The van der Waals surface area contributed by atoms with Gasteiger partial charge in [-0.2, -0.15) is 0 Å². The van der Waals surface area contributed by atoms with Crippen LogP contribution >= 0.6 is 0 Å². The largest absolute Gasteiger partial charge is 0.322 e. The van der Waals surface area contributed by atoms with Gasteiger partial charge < -0.3 is 5.32 Å². The molecule has 1 amide bonds. The van der Waals surface area contributed by atoms with E-state index in [1.54, 1.807) is 19.1 Å². The Labute approximate surface area is 129 Å². The van der Waals surface area contributed by atoms with Crippen LogP contribution in [-0.2, 0) is 0 Å². The van der Waals surface area contributed by atoms with Crippen LogP contribution < -0.4 is 5.32 Å². The van der Waals surface area contributed by atoms with Crippen molar-refractivity contribution >= 4 is 17.3 Å². The fraction of sp³-hybridized carbons (Fsp3) is 0.235. The average Bonchev–Trinajstić information content (AvgIpc) is 2.39. The Hall–Kier alpha value is -2.69. The summed E-state index contributed by atoms with van der Waals surface area (Å²) in [5.74, 6) is -0.256. The second-order valence-electron chi connectivity index (χ2n) is 5.49. The number of amides is 1. The van der Waals surface area contributed by atoms with Crippen molar-refractivity contribution in [1.82, 2.24) is 0 Å². The number of benzene rings is 2. The summed E-state index contributed by atoms with van der Waals surface area (Å²) in [6.07, 6.45) is 0. The molecule has 0 aromatic heterocycles. The zero-order chi connectivity index (χ0) is 16.4. The number of carbonyl (C=O) groups excluding carboxylic acids is 1. The van der Waals surface area contributed by atoms with E-state index < -0.39 is 4.92 Å². The third kappa shape index (κ3) is 3.14. The number of nitrogens with zero attached hydrogens (tertiary/aromatic N) is 1. The van der Waals surface area contributed by atoms with Gasteiger partial charge in [-0.05, 0) is 44.9 Å². The highest BCUT2D eigenvalue weighted by Crippen LogP contribution is 2.24. The quantitative estimate of drug-likeness (QED) is 0.685. The Kier molecular flexibility index (Phi) is 4.26. The van der Waals surface area contributed by atoms with Crippen LogP contribution in [0.15, 0.2) is 30.3 Å². The van der Waals surface area contributed by atoms with Crippen molar-refractivity contribution in [3.63, 3.8) is 0 Å². The number of hydrogen-bond donors (Lipinski definition) is 1. The average molecular weight is 298 g/mol. The van der Waals surface area contributed by atoms with Crippen LogP contribution in [0.3, 0.4) is 0 Å². The van der Waals surface area contributed by atoms with Gasteiger partial charge in [0.15, 0.2) is 0 Å². The van der Waals surface area contributed by atoms with Gasteiger partial charge in [-0.3, -0.25) is 14.9 Å². The zero-order valence-electron chi connectivity index (χ0n) is 13.1. The van der Waals surface area contributed by atoms with Crippen LogP contribution in [0.4, 0.5) is 11.4 Å². The molecule has 0 spiro atoms. The molecule has 2 rings (SSSR count). The Balaban J connectivity index is 2.34. The molecule has 0 bridgehead atoms. The normalized spacial score (nSPS) is 10.4. The summed E-state index contributed by atoms with van der Waals surface area (Å²) in [7, 11) is 0. The maximum absolute atomic E-state index is 12.5. The molecule has 0 radical (unpaired) electrons. The lowest BCUT2D eigenvalue weighted by molar-refractivity contribution is -0.385. The molecule has 22 heavy (non-hydrogen) atoms. The van der Waals surface area contributed by atoms with Crippen molar-refractivity contribution in [1.29, 1.82) is 0 Å². The summed E-state index contributed by atoms with van der Waals surface area (Å²) >= 11 is 0. The topological polar surface area (TPSA) is 72.2 Å². The number of hydrogen-bond acceptors (Lipinski definition) is 3. The lowest BCUT2D eigenvalue weighted by Gasteiger charge is -2.12. The molecule has 2 aromatic rings. The summed E-state index contributed by atoms with van der Waals surface area (Å²) < 4.78 is 0. The van der Waals surface area contributed by atoms with Gasteiger partial charge >= 0.3 is 0 Å². The van der Waals surface area contributed by atoms with Gasteiger partial charge in [0.05, 0.1) is 4.92 Å². The number of nitro benzene ring substituents is 1. The fourth-order valence-corrected chi connectivity index (χ4v) is 2.62. The Morgan fingerprint density at radius 1 is 1.00 bits per heavy atom. The molecule has 0 atom stereocenters. The molecule has 0 aliphatic carbocycles. The highest BCUT2D eigenvalue weighted by molar-refractivity contribution is 6.06. The summed E-state index contributed by atoms with van der Waals surface area (Å²) in [5, 5.41) is 13.7. The van der Waals surface area contributed by atoms with Crippen molar-refractivity contribution < 1.29 is 9.72 Å². The van der Waals surface area contributed by atoms with Crippen LogP contribution in [0.1, 0.15) is 32.6 Å². The standard InChI is InChI=1S/C17H18N2O3/c1-10-7-12(3)16(13(4)8-10)17(20)18-14-6-5-11(2)15(9-14)19(21)22/h5-9H,1-4H3,(H,18,20). The van der Waals surface area contributed by atoms with Gasteiger partial charge in [-0.1, -0.05) is 23.8 Å². The van der Waals surface area contributed by atoms with E-state index in [1.807, 2.05) is 32.9 Å². The first kappa shape index (κ1) is 15.7. The van der Waals surface area contributed by atoms with E-state index in [2.05, 4.69) is 5.32 Å². The number of anilines is 1. The lowest BCUT2D eigenvalue weighted by Crippen LogP contribution is -2.15. The summed E-state index contributed by atoms with van der Waals surface area (Å²) in [5.41, 5.74) is 4.45. The van der Waals surface area contributed by atoms with Crippen LogP contribution in [0, 0.1) is 37.8 Å². The first-order valence-electron chi connectivity index (χ1n) is 6.94. The molecule has 0 saturated carbocycles.